The van der Waals surface area contributed by atoms with Crippen molar-refractivity contribution in [1.82, 2.24) is 9.61 Å². The zero-order valence-corrected chi connectivity index (χ0v) is 11.1. The van der Waals surface area contributed by atoms with Crippen molar-refractivity contribution in [2.75, 3.05) is 0 Å². The van der Waals surface area contributed by atoms with E-state index in [1.165, 1.54) is 4.52 Å². The number of fused-ring (bicyclic) bond motifs is 1. The van der Waals surface area contributed by atoms with Gasteiger partial charge in [-0.2, -0.15) is 5.10 Å². The molecule has 0 atom stereocenters. The van der Waals surface area contributed by atoms with Gasteiger partial charge in [0.2, 0.25) is 5.88 Å². The lowest BCUT2D eigenvalue weighted by atomic mass is 9.95. The van der Waals surface area contributed by atoms with E-state index in [1.54, 1.807) is 12.1 Å². The zero-order chi connectivity index (χ0) is 13.4. The standard InChI is InChI=1S/C14H18N2O2/c1-8(2)13-12(14(18)9(3)4)10-6-5-7-11(17)16(10)15-13/h5-9,17H,1-4H3. The van der Waals surface area contributed by atoms with Gasteiger partial charge in [0.1, 0.15) is 0 Å². The van der Waals surface area contributed by atoms with Crippen molar-refractivity contribution in [3.8, 4) is 5.88 Å². The summed E-state index contributed by atoms with van der Waals surface area (Å²) in [7, 11) is 0. The van der Waals surface area contributed by atoms with E-state index in [9.17, 15) is 9.90 Å². The molecule has 4 nitrogen and oxygen atoms in total. The molecule has 18 heavy (non-hydrogen) atoms. The Morgan fingerprint density at radius 1 is 1.28 bits per heavy atom. The number of carbonyl (C=O) groups excluding carboxylic acids is 1. The highest BCUT2D eigenvalue weighted by Gasteiger charge is 2.24. The highest BCUT2D eigenvalue weighted by atomic mass is 16.3. The normalized spacial score (nSPS) is 11.7. The Kier molecular flexibility index (Phi) is 3.11. The van der Waals surface area contributed by atoms with Gasteiger partial charge < -0.3 is 5.11 Å². The molecule has 0 fully saturated rings. The molecule has 0 bridgehead atoms. The van der Waals surface area contributed by atoms with Gasteiger partial charge in [-0.05, 0) is 12.0 Å². The van der Waals surface area contributed by atoms with Crippen molar-refractivity contribution >= 4 is 11.3 Å². The fourth-order valence-electron chi connectivity index (χ4n) is 2.02. The Morgan fingerprint density at radius 3 is 2.50 bits per heavy atom. The SMILES string of the molecule is CC(C)C(=O)c1c(C(C)C)nn2c(O)cccc12. The second kappa shape index (κ2) is 4.44. The first-order chi connectivity index (χ1) is 8.43. The number of pyridine rings is 1. The molecule has 0 aliphatic carbocycles. The van der Waals surface area contributed by atoms with Crippen molar-refractivity contribution in [3.63, 3.8) is 0 Å². The molecule has 0 amide bonds. The second-order valence-corrected chi connectivity index (χ2v) is 5.11. The van der Waals surface area contributed by atoms with Crippen molar-refractivity contribution in [2.45, 2.75) is 33.6 Å². The van der Waals surface area contributed by atoms with E-state index in [0.717, 1.165) is 5.69 Å². The zero-order valence-electron chi connectivity index (χ0n) is 11.1. The third-order valence-electron chi connectivity index (χ3n) is 2.98. The van der Waals surface area contributed by atoms with Gasteiger partial charge in [0.15, 0.2) is 5.78 Å². The largest absolute Gasteiger partial charge is 0.493 e. The second-order valence-electron chi connectivity index (χ2n) is 5.11. The number of hydrogen-bond acceptors (Lipinski definition) is 3. The van der Waals surface area contributed by atoms with Crippen LogP contribution in [0.1, 0.15) is 49.7 Å². The Labute approximate surface area is 106 Å². The quantitative estimate of drug-likeness (QED) is 0.847. The molecule has 0 spiro atoms. The van der Waals surface area contributed by atoms with Crippen molar-refractivity contribution < 1.29 is 9.90 Å². The summed E-state index contributed by atoms with van der Waals surface area (Å²) < 4.78 is 1.44. The van der Waals surface area contributed by atoms with Gasteiger partial charge >= 0.3 is 0 Å². The van der Waals surface area contributed by atoms with E-state index >= 15 is 0 Å². The number of nitrogens with zero attached hydrogens (tertiary/aromatic N) is 2. The van der Waals surface area contributed by atoms with Crippen molar-refractivity contribution in [2.24, 2.45) is 5.92 Å². The van der Waals surface area contributed by atoms with Crippen LogP contribution in [-0.4, -0.2) is 20.5 Å². The molecule has 96 valence electrons. The maximum absolute atomic E-state index is 12.3. The van der Waals surface area contributed by atoms with Crippen LogP contribution in [0.2, 0.25) is 0 Å². The van der Waals surface area contributed by atoms with Gasteiger partial charge in [0.05, 0.1) is 16.8 Å². The summed E-state index contributed by atoms with van der Waals surface area (Å²) in [5.41, 5.74) is 2.06. The molecule has 2 aromatic rings. The number of aromatic nitrogens is 2. The number of Topliss-reactive ketones (excluding diaryl/α,β-unsaturated/α-hetero) is 1. The van der Waals surface area contributed by atoms with Gasteiger partial charge in [-0.3, -0.25) is 4.79 Å². The minimum absolute atomic E-state index is 0.0530. The van der Waals surface area contributed by atoms with Gasteiger partial charge in [-0.25, -0.2) is 4.52 Å². The Hall–Kier alpha value is -1.84. The number of carbonyl (C=O) groups is 1. The van der Waals surface area contributed by atoms with E-state index in [1.807, 2.05) is 33.8 Å². The van der Waals surface area contributed by atoms with E-state index < -0.39 is 0 Å². The highest BCUT2D eigenvalue weighted by Crippen LogP contribution is 2.27. The van der Waals surface area contributed by atoms with Crippen LogP contribution in [0.4, 0.5) is 0 Å². The summed E-state index contributed by atoms with van der Waals surface area (Å²) in [5.74, 6) is 0.177. The Morgan fingerprint density at radius 2 is 1.94 bits per heavy atom. The average Bonchev–Trinajstić information content (AvgIpc) is 2.68. The fraction of sp³-hybridized carbons (Fsp3) is 0.429. The molecule has 0 aromatic carbocycles. The van der Waals surface area contributed by atoms with Crippen LogP contribution in [0.25, 0.3) is 5.52 Å². The van der Waals surface area contributed by atoms with Crippen molar-refractivity contribution in [1.29, 1.82) is 0 Å². The molecule has 2 heterocycles. The molecular formula is C14H18N2O2. The lowest BCUT2D eigenvalue weighted by Crippen LogP contribution is -2.10. The molecule has 1 N–H and O–H groups in total. The molecule has 0 saturated carbocycles. The number of rotatable bonds is 3. The van der Waals surface area contributed by atoms with E-state index in [4.69, 9.17) is 0 Å². The van der Waals surface area contributed by atoms with Crippen molar-refractivity contribution in [3.05, 3.63) is 29.5 Å². The summed E-state index contributed by atoms with van der Waals surface area (Å²) in [5, 5.41) is 14.2. The van der Waals surface area contributed by atoms with Crippen LogP contribution in [0.15, 0.2) is 18.2 Å². The predicted octanol–water partition coefficient (Wildman–Crippen LogP) is 3.00. The molecule has 2 rings (SSSR count). The molecule has 0 aliphatic heterocycles. The van der Waals surface area contributed by atoms with Gasteiger partial charge in [-0.1, -0.05) is 33.8 Å². The minimum atomic E-state index is -0.0853. The predicted molar refractivity (Wildman–Crippen MR) is 70.1 cm³/mol. The molecule has 2 aromatic heterocycles. The van der Waals surface area contributed by atoms with Crippen LogP contribution in [0, 0.1) is 5.92 Å². The summed E-state index contributed by atoms with van der Waals surface area (Å²) >= 11 is 0. The fourth-order valence-corrected chi connectivity index (χ4v) is 2.02. The molecule has 0 saturated heterocycles. The van der Waals surface area contributed by atoms with E-state index in [0.29, 0.717) is 11.1 Å². The first-order valence-corrected chi connectivity index (χ1v) is 6.18. The van der Waals surface area contributed by atoms with Crippen LogP contribution in [0.5, 0.6) is 5.88 Å². The maximum atomic E-state index is 12.3. The Balaban J connectivity index is 2.79. The van der Waals surface area contributed by atoms with Crippen LogP contribution in [0.3, 0.4) is 0 Å². The van der Waals surface area contributed by atoms with E-state index in [2.05, 4.69) is 5.10 Å². The van der Waals surface area contributed by atoms with Crippen LogP contribution >= 0.6 is 0 Å². The number of ketones is 1. The smallest absolute Gasteiger partial charge is 0.212 e. The molecule has 0 radical (unpaired) electrons. The van der Waals surface area contributed by atoms with E-state index in [-0.39, 0.29) is 23.5 Å². The molecule has 0 unspecified atom stereocenters. The lowest BCUT2D eigenvalue weighted by molar-refractivity contribution is 0.0939. The van der Waals surface area contributed by atoms with Gasteiger partial charge in [0.25, 0.3) is 0 Å². The topological polar surface area (TPSA) is 54.6 Å². The summed E-state index contributed by atoms with van der Waals surface area (Å²) in [6.45, 7) is 7.74. The minimum Gasteiger partial charge on any atom is -0.493 e. The molecular weight excluding hydrogens is 228 g/mol. The first kappa shape index (κ1) is 12.6. The Bertz CT molecular complexity index is 597. The number of aromatic hydroxyl groups is 1. The highest BCUT2D eigenvalue weighted by molar-refractivity contribution is 6.04. The number of hydrogen-bond donors (Lipinski definition) is 1. The first-order valence-electron chi connectivity index (χ1n) is 6.18. The monoisotopic (exact) mass is 246 g/mol. The van der Waals surface area contributed by atoms with Crippen LogP contribution < -0.4 is 0 Å². The molecule has 4 heteroatoms. The summed E-state index contributed by atoms with van der Waals surface area (Å²) in [4.78, 5) is 12.3. The van der Waals surface area contributed by atoms with Gasteiger partial charge in [0, 0.05) is 12.0 Å². The summed E-state index contributed by atoms with van der Waals surface area (Å²) in [6, 6.07) is 5.11. The summed E-state index contributed by atoms with van der Waals surface area (Å²) in [6.07, 6.45) is 0. The molecule has 0 aliphatic rings. The van der Waals surface area contributed by atoms with Gasteiger partial charge in [-0.15, -0.1) is 0 Å². The third-order valence-corrected chi connectivity index (χ3v) is 2.98. The lowest BCUT2D eigenvalue weighted by Gasteiger charge is -2.07. The van der Waals surface area contributed by atoms with Crippen LogP contribution in [-0.2, 0) is 0 Å². The third kappa shape index (κ3) is 1.88. The average molecular weight is 246 g/mol. The maximum Gasteiger partial charge on any atom is 0.212 e.